The number of hydrogen-bond donors (Lipinski definition) is 2. The number of likely N-dealkylation sites (N-methyl/N-ethyl adjacent to an activating group) is 1. The lowest BCUT2D eigenvalue weighted by Gasteiger charge is -2.31. The van der Waals surface area contributed by atoms with Gasteiger partial charge in [-0.1, -0.05) is 0 Å². The second-order valence-corrected chi connectivity index (χ2v) is 6.01. The number of nitrogens with zero attached hydrogens (tertiary/aromatic N) is 1. The number of amides is 4. The number of imide groups is 1. The Morgan fingerprint density at radius 2 is 2.35 bits per heavy atom. The van der Waals surface area contributed by atoms with Crippen LogP contribution in [-0.2, 0) is 21.5 Å². The van der Waals surface area contributed by atoms with Crippen LogP contribution in [0.4, 0.5) is 4.79 Å². The zero-order valence-electron chi connectivity index (χ0n) is 11.1. The number of urea groups is 1. The third-order valence-corrected chi connectivity index (χ3v) is 4.90. The van der Waals surface area contributed by atoms with E-state index in [1.165, 1.54) is 7.05 Å². The minimum atomic E-state index is -0.960. The van der Waals surface area contributed by atoms with Crippen molar-refractivity contribution in [2.75, 3.05) is 13.6 Å². The fourth-order valence-corrected chi connectivity index (χ4v) is 3.91. The van der Waals surface area contributed by atoms with E-state index < -0.39 is 11.6 Å². The number of carbonyl (C=O) groups excluding carboxylic acids is 3. The lowest BCUT2D eigenvalue weighted by atomic mass is 9.80. The maximum absolute atomic E-state index is 12.7. The zero-order valence-corrected chi connectivity index (χ0v) is 11.9. The molecule has 7 heteroatoms. The minimum absolute atomic E-state index is 0.234. The summed E-state index contributed by atoms with van der Waals surface area (Å²) >= 11 is 1.61. The smallest absolute Gasteiger partial charge is 0.325 e. The number of aryl methyl sites for hydroxylation is 1. The number of thiophene rings is 1. The second-order valence-electron chi connectivity index (χ2n) is 5.01. The molecular weight excluding hydrogens is 278 g/mol. The molecule has 1 spiro atoms. The van der Waals surface area contributed by atoms with E-state index in [0.29, 0.717) is 6.42 Å². The zero-order chi connectivity index (χ0) is 14.3. The quantitative estimate of drug-likeness (QED) is 0.783. The first-order valence-corrected chi connectivity index (χ1v) is 7.38. The number of fused-ring (bicyclic) bond motifs is 2. The molecule has 0 unspecified atom stereocenters. The largest absolute Gasteiger partial charge is 0.358 e. The SMILES string of the molecule is CNC(=O)CN1C(=O)N[C@@]2(CCCc3sccc32)C1=O. The van der Waals surface area contributed by atoms with Crippen LogP contribution in [0.1, 0.15) is 23.3 Å². The van der Waals surface area contributed by atoms with E-state index in [4.69, 9.17) is 0 Å². The van der Waals surface area contributed by atoms with E-state index in [-0.39, 0.29) is 18.4 Å². The van der Waals surface area contributed by atoms with Gasteiger partial charge in [-0.15, -0.1) is 11.3 Å². The Kier molecular flexibility index (Phi) is 3.01. The van der Waals surface area contributed by atoms with Crippen LogP contribution in [0.5, 0.6) is 0 Å². The summed E-state index contributed by atoms with van der Waals surface area (Å²) in [5.41, 5.74) is -0.0647. The fourth-order valence-electron chi connectivity index (χ4n) is 2.91. The Hall–Kier alpha value is -1.89. The number of carbonyl (C=O) groups is 3. The van der Waals surface area contributed by atoms with Crippen molar-refractivity contribution in [2.24, 2.45) is 0 Å². The van der Waals surface area contributed by atoms with Crippen LogP contribution in [-0.4, -0.2) is 36.3 Å². The Morgan fingerprint density at radius 3 is 3.10 bits per heavy atom. The molecule has 1 atom stereocenters. The van der Waals surface area contributed by atoms with Crippen molar-refractivity contribution in [2.45, 2.75) is 24.8 Å². The first-order valence-electron chi connectivity index (χ1n) is 6.50. The Balaban J connectivity index is 1.96. The van der Waals surface area contributed by atoms with Crippen LogP contribution in [0.15, 0.2) is 11.4 Å². The topological polar surface area (TPSA) is 78.5 Å². The van der Waals surface area contributed by atoms with Gasteiger partial charge in [0, 0.05) is 17.5 Å². The van der Waals surface area contributed by atoms with Crippen molar-refractivity contribution in [3.63, 3.8) is 0 Å². The van der Waals surface area contributed by atoms with Crippen LogP contribution in [0, 0.1) is 0 Å². The molecular formula is C13H15N3O3S. The van der Waals surface area contributed by atoms with Crippen LogP contribution in [0.25, 0.3) is 0 Å². The molecule has 2 heterocycles. The predicted octanol–water partition coefficient (Wildman–Crippen LogP) is 0.577. The van der Waals surface area contributed by atoms with Gasteiger partial charge in [-0.3, -0.25) is 14.5 Å². The van der Waals surface area contributed by atoms with Crippen LogP contribution < -0.4 is 10.6 Å². The number of nitrogens with one attached hydrogen (secondary N) is 2. The number of rotatable bonds is 2. The molecule has 1 aliphatic carbocycles. The molecule has 106 valence electrons. The third kappa shape index (κ3) is 1.73. The molecule has 4 amide bonds. The van der Waals surface area contributed by atoms with Crippen LogP contribution >= 0.6 is 11.3 Å². The summed E-state index contributed by atoms with van der Waals surface area (Å²) in [6.07, 6.45) is 2.38. The summed E-state index contributed by atoms with van der Waals surface area (Å²) in [6, 6.07) is 1.42. The molecule has 1 fully saturated rings. The molecule has 1 aromatic rings. The average molecular weight is 293 g/mol. The van der Waals surface area contributed by atoms with Gasteiger partial charge in [-0.25, -0.2) is 4.79 Å². The summed E-state index contributed by atoms with van der Waals surface area (Å²) < 4.78 is 0. The molecule has 2 N–H and O–H groups in total. The molecule has 1 aromatic heterocycles. The first kappa shape index (κ1) is 13.1. The highest BCUT2D eigenvalue weighted by molar-refractivity contribution is 7.10. The Bertz CT molecular complexity index is 597. The highest BCUT2D eigenvalue weighted by Crippen LogP contribution is 2.41. The van der Waals surface area contributed by atoms with E-state index in [2.05, 4.69) is 10.6 Å². The normalized spacial score (nSPS) is 24.8. The fraction of sp³-hybridized carbons (Fsp3) is 0.462. The number of hydrogen-bond acceptors (Lipinski definition) is 4. The maximum Gasteiger partial charge on any atom is 0.325 e. The summed E-state index contributed by atoms with van der Waals surface area (Å²) in [7, 11) is 1.48. The lowest BCUT2D eigenvalue weighted by Crippen LogP contribution is -2.46. The van der Waals surface area contributed by atoms with Crippen molar-refractivity contribution in [3.05, 3.63) is 21.9 Å². The third-order valence-electron chi connectivity index (χ3n) is 3.92. The van der Waals surface area contributed by atoms with Gasteiger partial charge in [0.15, 0.2) is 0 Å². The van der Waals surface area contributed by atoms with Gasteiger partial charge in [0.05, 0.1) is 0 Å². The summed E-state index contributed by atoms with van der Waals surface area (Å²) in [6.45, 7) is -0.234. The first-order chi connectivity index (χ1) is 9.58. The summed E-state index contributed by atoms with van der Waals surface area (Å²) in [5, 5.41) is 7.18. The molecule has 6 nitrogen and oxygen atoms in total. The minimum Gasteiger partial charge on any atom is -0.358 e. The van der Waals surface area contributed by atoms with E-state index >= 15 is 0 Å². The summed E-state index contributed by atoms with van der Waals surface area (Å²) in [5.74, 6) is -0.669. The van der Waals surface area contributed by atoms with Gasteiger partial charge >= 0.3 is 6.03 Å². The Labute approximate surface area is 120 Å². The van der Waals surface area contributed by atoms with E-state index in [9.17, 15) is 14.4 Å². The van der Waals surface area contributed by atoms with Crippen molar-refractivity contribution >= 4 is 29.2 Å². The molecule has 20 heavy (non-hydrogen) atoms. The van der Waals surface area contributed by atoms with Crippen LogP contribution in [0.3, 0.4) is 0 Å². The van der Waals surface area contributed by atoms with Gasteiger partial charge in [0.1, 0.15) is 12.1 Å². The molecule has 1 saturated heterocycles. The van der Waals surface area contributed by atoms with Crippen molar-refractivity contribution in [3.8, 4) is 0 Å². The highest BCUT2D eigenvalue weighted by atomic mass is 32.1. The second kappa shape index (κ2) is 4.59. The lowest BCUT2D eigenvalue weighted by molar-refractivity contribution is -0.135. The van der Waals surface area contributed by atoms with E-state index in [0.717, 1.165) is 28.2 Å². The van der Waals surface area contributed by atoms with Gasteiger partial charge in [-0.05, 0) is 30.7 Å². The van der Waals surface area contributed by atoms with Gasteiger partial charge in [0.2, 0.25) is 5.91 Å². The van der Waals surface area contributed by atoms with Gasteiger partial charge in [-0.2, -0.15) is 0 Å². The van der Waals surface area contributed by atoms with E-state index in [1.54, 1.807) is 11.3 Å². The van der Waals surface area contributed by atoms with E-state index in [1.807, 2.05) is 11.4 Å². The average Bonchev–Trinajstić information content (AvgIpc) is 3.00. The van der Waals surface area contributed by atoms with Gasteiger partial charge in [0.25, 0.3) is 5.91 Å². The maximum atomic E-state index is 12.7. The van der Waals surface area contributed by atoms with Crippen molar-refractivity contribution in [1.82, 2.24) is 15.5 Å². The Morgan fingerprint density at radius 1 is 1.55 bits per heavy atom. The molecule has 2 aliphatic rings. The molecule has 1 aliphatic heterocycles. The van der Waals surface area contributed by atoms with Crippen molar-refractivity contribution in [1.29, 1.82) is 0 Å². The van der Waals surface area contributed by atoms with Crippen LogP contribution in [0.2, 0.25) is 0 Å². The highest BCUT2D eigenvalue weighted by Gasteiger charge is 2.54. The molecule has 3 rings (SSSR count). The van der Waals surface area contributed by atoms with Gasteiger partial charge < -0.3 is 10.6 Å². The monoisotopic (exact) mass is 293 g/mol. The van der Waals surface area contributed by atoms with Crippen molar-refractivity contribution < 1.29 is 14.4 Å². The standard InChI is InChI=1S/C13H15N3O3S/c1-14-10(17)7-16-11(18)13(15-12(16)19)5-2-3-9-8(13)4-6-20-9/h4,6H,2-3,5,7H2,1H3,(H,14,17)(H,15,19)/t13-/m1/s1. The summed E-state index contributed by atoms with van der Waals surface area (Å²) in [4.78, 5) is 38.3. The predicted molar refractivity (Wildman–Crippen MR) is 73.2 cm³/mol. The molecule has 0 bridgehead atoms. The molecule has 0 aromatic carbocycles. The molecule has 0 radical (unpaired) electrons. The molecule has 0 saturated carbocycles.